The summed E-state index contributed by atoms with van der Waals surface area (Å²) in [7, 11) is 0. The van der Waals surface area contributed by atoms with Gasteiger partial charge in [-0.25, -0.2) is 9.67 Å². The zero-order valence-electron chi connectivity index (χ0n) is 15.0. The van der Waals surface area contributed by atoms with E-state index in [1.54, 1.807) is 6.20 Å². The fraction of sp³-hybridized carbons (Fsp3) is 0.500. The van der Waals surface area contributed by atoms with Crippen LogP contribution in [0.15, 0.2) is 24.4 Å². The molecule has 2 aliphatic heterocycles. The monoisotopic (exact) mass is 397 g/mol. The van der Waals surface area contributed by atoms with Crippen molar-refractivity contribution >= 4 is 30.7 Å². The van der Waals surface area contributed by atoms with Gasteiger partial charge in [0.25, 0.3) is 5.91 Å². The molecule has 0 aromatic carbocycles. The Morgan fingerprint density at radius 2 is 1.92 bits per heavy atom. The van der Waals surface area contributed by atoms with Crippen LogP contribution in [0.3, 0.4) is 0 Å². The predicted molar refractivity (Wildman–Crippen MR) is 106 cm³/mol. The number of carbonyl (C=O) groups excluding carboxylic acids is 1. The molecule has 4 rings (SSSR count). The molecule has 0 radical (unpaired) electrons. The Morgan fingerprint density at radius 3 is 2.58 bits per heavy atom. The number of nitrogens with one attached hydrogen (secondary N) is 1. The van der Waals surface area contributed by atoms with Gasteiger partial charge in [0.1, 0.15) is 0 Å². The lowest BCUT2D eigenvalue weighted by atomic mass is 10.1. The number of aryl methyl sites for hydroxylation is 2. The van der Waals surface area contributed by atoms with Gasteiger partial charge in [0.05, 0.1) is 11.3 Å². The van der Waals surface area contributed by atoms with E-state index in [1.807, 2.05) is 36.7 Å². The number of nitrogens with zero attached hydrogens (tertiary/aromatic N) is 4. The number of fused-ring (bicyclic) bond motifs is 2. The molecule has 0 saturated carbocycles. The van der Waals surface area contributed by atoms with Crippen molar-refractivity contribution in [3.05, 3.63) is 41.3 Å². The van der Waals surface area contributed by atoms with Gasteiger partial charge >= 0.3 is 0 Å². The number of aromatic nitrogens is 3. The summed E-state index contributed by atoms with van der Waals surface area (Å²) in [4.78, 5) is 19.5. The van der Waals surface area contributed by atoms with E-state index in [2.05, 4.69) is 20.3 Å². The smallest absolute Gasteiger partial charge is 0.255 e. The van der Waals surface area contributed by atoms with Crippen LogP contribution in [-0.2, 0) is 0 Å². The lowest BCUT2D eigenvalue weighted by molar-refractivity contribution is 0.0680. The van der Waals surface area contributed by atoms with E-state index < -0.39 is 0 Å². The van der Waals surface area contributed by atoms with Crippen LogP contribution in [0.2, 0.25) is 0 Å². The molecule has 0 spiro atoms. The highest BCUT2D eigenvalue weighted by molar-refractivity contribution is 5.94. The molecule has 2 aromatic heterocycles. The lowest BCUT2D eigenvalue weighted by Gasteiger charge is -2.27. The number of hydrogen-bond acceptors (Lipinski definition) is 4. The summed E-state index contributed by atoms with van der Waals surface area (Å²) in [6.07, 6.45) is 4.95. The van der Waals surface area contributed by atoms with E-state index in [-0.39, 0.29) is 30.7 Å². The van der Waals surface area contributed by atoms with E-state index in [0.29, 0.717) is 17.6 Å². The summed E-state index contributed by atoms with van der Waals surface area (Å²) < 4.78 is 1.81. The van der Waals surface area contributed by atoms with Gasteiger partial charge in [0.2, 0.25) is 0 Å². The number of hydrogen-bond donors (Lipinski definition) is 1. The van der Waals surface area contributed by atoms with E-state index in [1.165, 1.54) is 0 Å². The Balaban J connectivity index is 0.00000121. The molecule has 2 aromatic rings. The Kier molecular flexibility index (Phi) is 6.66. The normalized spacial score (nSPS) is 21.5. The van der Waals surface area contributed by atoms with Crippen LogP contribution in [0.25, 0.3) is 5.82 Å². The Hall–Kier alpha value is -1.63. The first kappa shape index (κ1) is 20.7. The van der Waals surface area contributed by atoms with Crippen LogP contribution >= 0.6 is 24.8 Å². The standard InChI is InChI=1S/C18H23N5O.2ClH/c1-12-9-13(2)23(21-12)17-6-3-14(10-20-17)18(24)22-15-4-5-16(22)11-19-8-7-15;;/h3,6,9-10,15-16,19H,4-5,7-8,11H2,1-2H3;2*1H. The van der Waals surface area contributed by atoms with Gasteiger partial charge in [-0.3, -0.25) is 4.79 Å². The Bertz CT molecular complexity index is 747. The second-order valence-corrected chi connectivity index (χ2v) is 6.83. The van der Waals surface area contributed by atoms with E-state index >= 15 is 0 Å². The SMILES string of the molecule is Cc1cc(C)n(-c2ccc(C(=O)N3C4CCNCC3CC4)cn2)n1.Cl.Cl. The summed E-state index contributed by atoms with van der Waals surface area (Å²) in [6, 6.07) is 6.46. The maximum Gasteiger partial charge on any atom is 0.255 e. The highest BCUT2D eigenvalue weighted by atomic mass is 35.5. The van der Waals surface area contributed by atoms with E-state index in [9.17, 15) is 4.79 Å². The van der Waals surface area contributed by atoms with Crippen LogP contribution in [0.4, 0.5) is 0 Å². The quantitative estimate of drug-likeness (QED) is 0.845. The zero-order chi connectivity index (χ0) is 16.7. The predicted octanol–water partition coefficient (Wildman–Crippen LogP) is 2.69. The fourth-order valence-corrected chi connectivity index (χ4v) is 3.96. The van der Waals surface area contributed by atoms with Crippen molar-refractivity contribution in [3.63, 3.8) is 0 Å². The van der Waals surface area contributed by atoms with Gasteiger partial charge < -0.3 is 10.2 Å². The maximum absolute atomic E-state index is 13.0. The molecular weight excluding hydrogens is 373 g/mol. The Labute approximate surface area is 166 Å². The average Bonchev–Trinajstić information content (AvgIpc) is 3.04. The summed E-state index contributed by atoms with van der Waals surface area (Å²) in [5, 5.41) is 7.87. The highest BCUT2D eigenvalue weighted by Crippen LogP contribution is 2.29. The van der Waals surface area contributed by atoms with E-state index in [0.717, 1.165) is 49.6 Å². The summed E-state index contributed by atoms with van der Waals surface area (Å²) in [5.41, 5.74) is 2.66. The molecule has 2 unspecified atom stereocenters. The average molecular weight is 398 g/mol. The molecule has 2 saturated heterocycles. The molecule has 1 N–H and O–H groups in total. The topological polar surface area (TPSA) is 63.1 Å². The second kappa shape index (κ2) is 8.37. The first-order chi connectivity index (χ1) is 11.6. The van der Waals surface area contributed by atoms with Gasteiger partial charge in [-0.2, -0.15) is 5.10 Å². The number of amides is 1. The van der Waals surface area contributed by atoms with Crippen molar-refractivity contribution < 1.29 is 4.79 Å². The fourth-order valence-electron chi connectivity index (χ4n) is 3.96. The first-order valence-corrected chi connectivity index (χ1v) is 8.66. The van der Waals surface area contributed by atoms with Crippen LogP contribution in [0.5, 0.6) is 0 Å². The number of pyridine rings is 1. The molecule has 2 aliphatic rings. The van der Waals surface area contributed by atoms with Crippen LogP contribution in [-0.4, -0.2) is 50.7 Å². The molecule has 26 heavy (non-hydrogen) atoms. The van der Waals surface area contributed by atoms with Crippen molar-refractivity contribution in [2.24, 2.45) is 0 Å². The molecular formula is C18H25Cl2N5O. The third-order valence-electron chi connectivity index (χ3n) is 5.11. The molecule has 1 amide bonds. The van der Waals surface area contributed by atoms with Gasteiger partial charge in [-0.05, 0) is 57.9 Å². The lowest BCUT2D eigenvalue weighted by Crippen LogP contribution is -2.42. The molecule has 2 atom stereocenters. The summed E-state index contributed by atoms with van der Waals surface area (Å²) >= 11 is 0. The third kappa shape index (κ3) is 3.72. The van der Waals surface area contributed by atoms with Crippen molar-refractivity contribution in [2.45, 2.75) is 45.2 Å². The molecule has 2 bridgehead atoms. The molecule has 6 nitrogen and oxygen atoms in total. The number of halogens is 2. The maximum atomic E-state index is 13.0. The highest BCUT2D eigenvalue weighted by Gasteiger charge is 2.38. The van der Waals surface area contributed by atoms with Gasteiger partial charge in [-0.1, -0.05) is 0 Å². The van der Waals surface area contributed by atoms with Crippen LogP contribution < -0.4 is 5.32 Å². The van der Waals surface area contributed by atoms with Crippen molar-refractivity contribution in [1.82, 2.24) is 25.0 Å². The zero-order valence-corrected chi connectivity index (χ0v) is 16.6. The molecule has 142 valence electrons. The van der Waals surface area contributed by atoms with Crippen molar-refractivity contribution in [2.75, 3.05) is 13.1 Å². The number of carbonyl (C=O) groups is 1. The van der Waals surface area contributed by atoms with Crippen molar-refractivity contribution in [3.8, 4) is 5.82 Å². The third-order valence-corrected chi connectivity index (χ3v) is 5.11. The minimum Gasteiger partial charge on any atom is -0.331 e. The van der Waals surface area contributed by atoms with E-state index in [4.69, 9.17) is 0 Å². The van der Waals surface area contributed by atoms with Crippen LogP contribution in [0.1, 0.15) is 41.0 Å². The first-order valence-electron chi connectivity index (χ1n) is 8.66. The summed E-state index contributed by atoms with van der Waals surface area (Å²) in [6.45, 7) is 5.87. The largest absolute Gasteiger partial charge is 0.331 e. The molecule has 0 aliphatic carbocycles. The number of rotatable bonds is 2. The van der Waals surface area contributed by atoms with Crippen molar-refractivity contribution in [1.29, 1.82) is 0 Å². The van der Waals surface area contributed by atoms with Gasteiger partial charge in [-0.15, -0.1) is 24.8 Å². The minimum absolute atomic E-state index is 0. The second-order valence-electron chi connectivity index (χ2n) is 6.83. The molecule has 2 fully saturated rings. The molecule has 8 heteroatoms. The minimum atomic E-state index is 0. The summed E-state index contributed by atoms with van der Waals surface area (Å²) in [5.74, 6) is 0.858. The van der Waals surface area contributed by atoms with Crippen LogP contribution in [0, 0.1) is 13.8 Å². The Morgan fingerprint density at radius 1 is 1.15 bits per heavy atom. The van der Waals surface area contributed by atoms with Gasteiger partial charge in [0, 0.05) is 30.5 Å². The van der Waals surface area contributed by atoms with Gasteiger partial charge in [0.15, 0.2) is 5.82 Å². The molecule has 4 heterocycles.